The van der Waals surface area contributed by atoms with Crippen molar-refractivity contribution in [3.63, 3.8) is 0 Å². The van der Waals surface area contributed by atoms with Gasteiger partial charge in [0.2, 0.25) is 5.91 Å². The third-order valence-corrected chi connectivity index (χ3v) is 2.32. The number of carbonyl (C=O) groups is 1. The molecule has 0 fully saturated rings. The minimum absolute atomic E-state index is 0.00842. The van der Waals surface area contributed by atoms with E-state index >= 15 is 0 Å². The van der Waals surface area contributed by atoms with E-state index in [0.717, 1.165) is 5.69 Å². The van der Waals surface area contributed by atoms with Crippen LogP contribution in [0, 0.1) is 13.8 Å². The number of aryl methyl sites for hydroxylation is 1. The third kappa shape index (κ3) is 2.49. The maximum absolute atomic E-state index is 11.0. The Balaban J connectivity index is 2.68. The van der Waals surface area contributed by atoms with Gasteiger partial charge in [-0.25, -0.2) is 0 Å². The second kappa shape index (κ2) is 4.65. The highest BCUT2D eigenvalue weighted by Crippen LogP contribution is 2.17. The first-order chi connectivity index (χ1) is 6.65. The summed E-state index contributed by atoms with van der Waals surface area (Å²) in [6, 6.07) is 6.01. The lowest BCUT2D eigenvalue weighted by molar-refractivity contribution is -0.118. The summed E-state index contributed by atoms with van der Waals surface area (Å²) in [6.45, 7) is 4.42. The molecule has 14 heavy (non-hydrogen) atoms. The molecule has 0 saturated heterocycles. The lowest BCUT2D eigenvalue weighted by atomic mass is 10.1. The average Bonchev–Trinajstić information content (AvgIpc) is 2.20. The SMILES string of the molecule is CNC(=O)CNc1cccc(C)c1C. The second-order valence-corrected chi connectivity index (χ2v) is 3.27. The smallest absolute Gasteiger partial charge is 0.239 e. The van der Waals surface area contributed by atoms with E-state index in [1.165, 1.54) is 11.1 Å². The molecule has 0 aliphatic heterocycles. The Hall–Kier alpha value is -1.51. The Morgan fingerprint density at radius 1 is 1.36 bits per heavy atom. The Bertz CT molecular complexity index is 334. The van der Waals surface area contributed by atoms with Crippen LogP contribution in [0.3, 0.4) is 0 Å². The zero-order valence-electron chi connectivity index (χ0n) is 8.85. The van der Waals surface area contributed by atoms with Crippen molar-refractivity contribution in [3.05, 3.63) is 29.3 Å². The van der Waals surface area contributed by atoms with E-state index in [0.29, 0.717) is 6.54 Å². The van der Waals surface area contributed by atoms with Crippen molar-refractivity contribution < 1.29 is 4.79 Å². The predicted molar refractivity (Wildman–Crippen MR) is 58.5 cm³/mol. The molecule has 0 saturated carbocycles. The van der Waals surface area contributed by atoms with E-state index in [2.05, 4.69) is 23.6 Å². The van der Waals surface area contributed by atoms with Gasteiger partial charge in [0.15, 0.2) is 0 Å². The summed E-state index contributed by atoms with van der Waals surface area (Å²) >= 11 is 0. The number of hydrogen-bond acceptors (Lipinski definition) is 2. The quantitative estimate of drug-likeness (QED) is 0.761. The highest BCUT2D eigenvalue weighted by atomic mass is 16.1. The van der Waals surface area contributed by atoms with Gasteiger partial charge in [-0.15, -0.1) is 0 Å². The summed E-state index contributed by atoms with van der Waals surface area (Å²) in [5.41, 5.74) is 3.44. The maximum atomic E-state index is 11.0. The van der Waals surface area contributed by atoms with Gasteiger partial charge in [-0.2, -0.15) is 0 Å². The summed E-state index contributed by atoms with van der Waals surface area (Å²) in [4.78, 5) is 11.0. The standard InChI is InChI=1S/C11H16N2O/c1-8-5-4-6-10(9(8)2)13-7-11(14)12-3/h4-6,13H,7H2,1-3H3,(H,12,14). The molecule has 0 aliphatic rings. The molecule has 0 spiro atoms. The van der Waals surface area contributed by atoms with Gasteiger partial charge in [-0.05, 0) is 31.0 Å². The van der Waals surface area contributed by atoms with E-state index in [4.69, 9.17) is 0 Å². The number of likely N-dealkylation sites (N-methyl/N-ethyl adjacent to an activating group) is 1. The van der Waals surface area contributed by atoms with Crippen molar-refractivity contribution >= 4 is 11.6 Å². The first-order valence-corrected chi connectivity index (χ1v) is 4.66. The minimum atomic E-state index is -0.00842. The summed E-state index contributed by atoms with van der Waals surface area (Å²) in [6.07, 6.45) is 0. The van der Waals surface area contributed by atoms with Crippen LogP contribution in [0.4, 0.5) is 5.69 Å². The van der Waals surface area contributed by atoms with Crippen LogP contribution >= 0.6 is 0 Å². The summed E-state index contributed by atoms with van der Waals surface area (Å²) in [5, 5.41) is 5.66. The molecule has 2 N–H and O–H groups in total. The molecular weight excluding hydrogens is 176 g/mol. The van der Waals surface area contributed by atoms with Crippen LogP contribution in [0.1, 0.15) is 11.1 Å². The number of hydrogen-bond donors (Lipinski definition) is 2. The maximum Gasteiger partial charge on any atom is 0.239 e. The topological polar surface area (TPSA) is 41.1 Å². The predicted octanol–water partition coefficient (Wildman–Crippen LogP) is 1.46. The normalized spacial score (nSPS) is 9.64. The largest absolute Gasteiger partial charge is 0.376 e. The van der Waals surface area contributed by atoms with Gasteiger partial charge in [0.05, 0.1) is 6.54 Å². The highest BCUT2D eigenvalue weighted by Gasteiger charge is 2.01. The van der Waals surface area contributed by atoms with Crippen LogP contribution in [-0.2, 0) is 4.79 Å². The third-order valence-electron chi connectivity index (χ3n) is 2.32. The fourth-order valence-electron chi connectivity index (χ4n) is 1.21. The molecule has 0 heterocycles. The van der Waals surface area contributed by atoms with Crippen molar-refractivity contribution in [1.82, 2.24) is 5.32 Å². The molecular formula is C11H16N2O. The summed E-state index contributed by atoms with van der Waals surface area (Å²) in [5.74, 6) is -0.00842. The molecule has 3 nitrogen and oxygen atoms in total. The van der Waals surface area contributed by atoms with Crippen molar-refractivity contribution in [1.29, 1.82) is 0 Å². The minimum Gasteiger partial charge on any atom is -0.376 e. The van der Waals surface area contributed by atoms with Gasteiger partial charge in [0.1, 0.15) is 0 Å². The van der Waals surface area contributed by atoms with Crippen molar-refractivity contribution in [3.8, 4) is 0 Å². The second-order valence-electron chi connectivity index (χ2n) is 3.27. The molecule has 76 valence electrons. The first-order valence-electron chi connectivity index (χ1n) is 4.66. The molecule has 1 aromatic carbocycles. The molecule has 1 rings (SSSR count). The molecule has 0 aromatic heterocycles. The number of rotatable bonds is 3. The summed E-state index contributed by atoms with van der Waals surface area (Å²) < 4.78 is 0. The van der Waals surface area contributed by atoms with E-state index in [1.807, 2.05) is 19.1 Å². The number of anilines is 1. The van der Waals surface area contributed by atoms with Gasteiger partial charge >= 0.3 is 0 Å². The molecule has 0 bridgehead atoms. The molecule has 0 unspecified atom stereocenters. The van der Waals surface area contributed by atoms with Crippen LogP contribution in [0.5, 0.6) is 0 Å². The Morgan fingerprint density at radius 2 is 2.07 bits per heavy atom. The molecule has 3 heteroatoms. The van der Waals surface area contributed by atoms with Crippen LogP contribution in [0.15, 0.2) is 18.2 Å². The summed E-state index contributed by atoms with van der Waals surface area (Å²) in [7, 11) is 1.63. The lowest BCUT2D eigenvalue weighted by Gasteiger charge is -2.10. The fraction of sp³-hybridized carbons (Fsp3) is 0.364. The average molecular weight is 192 g/mol. The van der Waals surface area contributed by atoms with Gasteiger partial charge in [0.25, 0.3) is 0 Å². The Labute approximate surface area is 84.5 Å². The van der Waals surface area contributed by atoms with Crippen molar-refractivity contribution in [2.75, 3.05) is 18.9 Å². The zero-order valence-corrected chi connectivity index (χ0v) is 8.85. The number of benzene rings is 1. The number of amides is 1. The van der Waals surface area contributed by atoms with Crippen molar-refractivity contribution in [2.45, 2.75) is 13.8 Å². The fourth-order valence-corrected chi connectivity index (χ4v) is 1.21. The first kappa shape index (κ1) is 10.6. The van der Waals surface area contributed by atoms with E-state index < -0.39 is 0 Å². The molecule has 0 radical (unpaired) electrons. The molecule has 1 aromatic rings. The number of nitrogens with one attached hydrogen (secondary N) is 2. The highest BCUT2D eigenvalue weighted by molar-refractivity contribution is 5.80. The van der Waals surface area contributed by atoms with Gasteiger partial charge in [0, 0.05) is 12.7 Å². The monoisotopic (exact) mass is 192 g/mol. The Kier molecular flexibility index (Phi) is 3.51. The zero-order chi connectivity index (χ0) is 10.6. The van der Waals surface area contributed by atoms with Crippen LogP contribution in [-0.4, -0.2) is 19.5 Å². The van der Waals surface area contributed by atoms with Gasteiger partial charge < -0.3 is 10.6 Å². The van der Waals surface area contributed by atoms with Crippen LogP contribution in [0.2, 0.25) is 0 Å². The van der Waals surface area contributed by atoms with Crippen LogP contribution in [0.25, 0.3) is 0 Å². The van der Waals surface area contributed by atoms with E-state index in [9.17, 15) is 4.79 Å². The van der Waals surface area contributed by atoms with Crippen LogP contribution < -0.4 is 10.6 Å². The van der Waals surface area contributed by atoms with Gasteiger partial charge in [-0.1, -0.05) is 12.1 Å². The Morgan fingerprint density at radius 3 is 2.71 bits per heavy atom. The molecule has 1 amide bonds. The van der Waals surface area contributed by atoms with Crippen molar-refractivity contribution in [2.24, 2.45) is 0 Å². The van der Waals surface area contributed by atoms with E-state index in [-0.39, 0.29) is 5.91 Å². The molecule has 0 atom stereocenters. The van der Waals surface area contributed by atoms with E-state index in [1.54, 1.807) is 7.05 Å². The lowest BCUT2D eigenvalue weighted by Crippen LogP contribution is -2.26. The van der Waals surface area contributed by atoms with Gasteiger partial charge in [-0.3, -0.25) is 4.79 Å². The molecule has 0 aliphatic carbocycles. The number of carbonyl (C=O) groups excluding carboxylic acids is 1.